The second-order valence-electron chi connectivity index (χ2n) is 6.29. The minimum absolute atomic E-state index is 0.164. The number of halogens is 1. The first-order valence-electron chi connectivity index (χ1n) is 8.24. The van der Waals surface area contributed by atoms with Gasteiger partial charge in [0.15, 0.2) is 0 Å². The summed E-state index contributed by atoms with van der Waals surface area (Å²) in [5.41, 5.74) is 3.65. The minimum atomic E-state index is -0.164. The topological polar surface area (TPSA) is 24.5 Å². The number of fused-ring (bicyclic) bond motifs is 1. The van der Waals surface area contributed by atoms with Crippen molar-refractivity contribution in [3.05, 3.63) is 65.0 Å². The van der Waals surface area contributed by atoms with Crippen molar-refractivity contribution in [2.24, 2.45) is 0 Å². The number of hydrogen-bond donors (Lipinski definition) is 1. The molecule has 3 nitrogen and oxygen atoms in total. The Labute approximate surface area is 136 Å². The Morgan fingerprint density at radius 2 is 2.17 bits per heavy atom. The number of nitrogens with one attached hydrogen (secondary N) is 1. The molecule has 1 atom stereocenters. The smallest absolute Gasteiger partial charge is 0.123 e. The van der Waals surface area contributed by atoms with Gasteiger partial charge in [0.2, 0.25) is 0 Å². The van der Waals surface area contributed by atoms with E-state index in [0.717, 1.165) is 50.5 Å². The van der Waals surface area contributed by atoms with Gasteiger partial charge in [0.1, 0.15) is 11.6 Å². The van der Waals surface area contributed by atoms with Crippen molar-refractivity contribution in [3.63, 3.8) is 0 Å². The van der Waals surface area contributed by atoms with Crippen molar-refractivity contribution < 1.29 is 9.13 Å². The largest absolute Gasteiger partial charge is 0.493 e. The van der Waals surface area contributed by atoms with Crippen LogP contribution in [-0.4, -0.2) is 31.1 Å². The number of hydrogen-bond acceptors (Lipinski definition) is 3. The molecule has 4 heteroatoms. The highest BCUT2D eigenvalue weighted by Gasteiger charge is 2.24. The van der Waals surface area contributed by atoms with Gasteiger partial charge in [0, 0.05) is 38.6 Å². The lowest BCUT2D eigenvalue weighted by Crippen LogP contribution is -2.45. The molecule has 4 rings (SSSR count). The van der Waals surface area contributed by atoms with Crippen LogP contribution in [0.15, 0.2) is 42.5 Å². The third-order valence-corrected chi connectivity index (χ3v) is 4.73. The maximum absolute atomic E-state index is 13.6. The number of benzene rings is 2. The van der Waals surface area contributed by atoms with Crippen molar-refractivity contribution in [2.75, 3.05) is 26.2 Å². The highest BCUT2D eigenvalue weighted by molar-refractivity contribution is 5.39. The lowest BCUT2D eigenvalue weighted by molar-refractivity contribution is 0.153. The molecular weight excluding hydrogens is 291 g/mol. The molecule has 2 heterocycles. The van der Waals surface area contributed by atoms with Gasteiger partial charge in [-0.25, -0.2) is 4.39 Å². The lowest BCUT2D eigenvalue weighted by Gasteiger charge is -2.36. The van der Waals surface area contributed by atoms with Crippen molar-refractivity contribution in [1.82, 2.24) is 10.2 Å². The Kier molecular flexibility index (Phi) is 4.02. The Hall–Kier alpha value is -1.91. The summed E-state index contributed by atoms with van der Waals surface area (Å²) in [5.74, 6) is 0.860. The number of piperazine rings is 1. The van der Waals surface area contributed by atoms with E-state index in [4.69, 9.17) is 4.74 Å². The molecule has 0 radical (unpaired) electrons. The molecule has 0 spiro atoms. The highest BCUT2D eigenvalue weighted by atomic mass is 19.1. The van der Waals surface area contributed by atoms with Crippen molar-refractivity contribution in [2.45, 2.75) is 19.0 Å². The van der Waals surface area contributed by atoms with E-state index in [0.29, 0.717) is 0 Å². The van der Waals surface area contributed by atoms with Crippen molar-refractivity contribution >= 4 is 0 Å². The molecule has 2 aliphatic heterocycles. The van der Waals surface area contributed by atoms with E-state index in [9.17, 15) is 4.39 Å². The summed E-state index contributed by atoms with van der Waals surface area (Å²) < 4.78 is 19.2. The molecule has 2 aliphatic rings. The van der Waals surface area contributed by atoms with Crippen LogP contribution in [0, 0.1) is 5.82 Å². The Morgan fingerprint density at radius 3 is 3.09 bits per heavy atom. The molecular formula is C19H21FN2O. The van der Waals surface area contributed by atoms with Crippen LogP contribution in [-0.2, 0) is 13.0 Å². The van der Waals surface area contributed by atoms with Gasteiger partial charge in [-0.15, -0.1) is 0 Å². The summed E-state index contributed by atoms with van der Waals surface area (Å²) in [7, 11) is 0. The summed E-state index contributed by atoms with van der Waals surface area (Å²) in [6.07, 6.45) is 0.998. The molecule has 0 saturated carbocycles. The van der Waals surface area contributed by atoms with Crippen LogP contribution in [0.5, 0.6) is 5.75 Å². The summed E-state index contributed by atoms with van der Waals surface area (Å²) >= 11 is 0. The maximum atomic E-state index is 13.6. The van der Waals surface area contributed by atoms with Crippen LogP contribution in [0.1, 0.15) is 22.7 Å². The Morgan fingerprint density at radius 1 is 1.22 bits per heavy atom. The fourth-order valence-electron chi connectivity index (χ4n) is 3.55. The molecule has 0 bridgehead atoms. The maximum Gasteiger partial charge on any atom is 0.123 e. The van der Waals surface area contributed by atoms with Crippen molar-refractivity contribution in [3.8, 4) is 5.75 Å². The van der Waals surface area contributed by atoms with Crippen LogP contribution in [0.2, 0.25) is 0 Å². The molecule has 120 valence electrons. The average molecular weight is 312 g/mol. The van der Waals surface area contributed by atoms with E-state index in [-0.39, 0.29) is 11.9 Å². The van der Waals surface area contributed by atoms with Crippen LogP contribution < -0.4 is 10.1 Å². The molecule has 23 heavy (non-hydrogen) atoms. The van der Waals surface area contributed by atoms with Crippen LogP contribution >= 0.6 is 0 Å². The first kappa shape index (κ1) is 14.7. The van der Waals surface area contributed by atoms with E-state index in [1.165, 1.54) is 17.2 Å². The summed E-state index contributed by atoms with van der Waals surface area (Å²) in [5, 5.41) is 3.43. The first-order chi connectivity index (χ1) is 11.3. The van der Waals surface area contributed by atoms with Gasteiger partial charge < -0.3 is 10.1 Å². The molecule has 2 aromatic rings. The minimum Gasteiger partial charge on any atom is -0.493 e. The summed E-state index contributed by atoms with van der Waals surface area (Å²) in [6.45, 7) is 4.47. The van der Waals surface area contributed by atoms with Crippen LogP contribution in [0.25, 0.3) is 0 Å². The molecule has 0 amide bonds. The van der Waals surface area contributed by atoms with E-state index in [1.807, 2.05) is 6.07 Å². The SMILES string of the molecule is Fc1cccc(C2CNCCN2Cc2ccc3c(c2)CCO3)c1. The molecule has 2 aromatic carbocycles. The zero-order chi connectivity index (χ0) is 15.6. The van der Waals surface area contributed by atoms with Gasteiger partial charge in [0.05, 0.1) is 6.61 Å². The van der Waals surface area contributed by atoms with Gasteiger partial charge in [-0.2, -0.15) is 0 Å². The van der Waals surface area contributed by atoms with E-state index >= 15 is 0 Å². The van der Waals surface area contributed by atoms with Crippen LogP contribution in [0.3, 0.4) is 0 Å². The highest BCUT2D eigenvalue weighted by Crippen LogP contribution is 2.29. The molecule has 1 unspecified atom stereocenters. The Bertz CT molecular complexity index is 704. The van der Waals surface area contributed by atoms with E-state index in [1.54, 1.807) is 12.1 Å². The fourth-order valence-corrected chi connectivity index (χ4v) is 3.55. The zero-order valence-electron chi connectivity index (χ0n) is 13.1. The summed E-state index contributed by atoms with van der Waals surface area (Å²) in [4.78, 5) is 2.43. The quantitative estimate of drug-likeness (QED) is 0.943. The molecule has 0 aliphatic carbocycles. The molecule has 1 N–H and O–H groups in total. The van der Waals surface area contributed by atoms with Crippen LogP contribution in [0.4, 0.5) is 4.39 Å². The van der Waals surface area contributed by atoms with Gasteiger partial charge in [-0.1, -0.05) is 24.3 Å². The molecule has 1 saturated heterocycles. The first-order valence-corrected chi connectivity index (χ1v) is 8.24. The Balaban J connectivity index is 1.56. The molecule has 0 aromatic heterocycles. The average Bonchev–Trinajstić information content (AvgIpc) is 3.03. The van der Waals surface area contributed by atoms with Gasteiger partial charge in [-0.3, -0.25) is 4.90 Å². The summed E-state index contributed by atoms with van der Waals surface area (Å²) in [6, 6.07) is 13.7. The standard InChI is InChI=1S/C19H21FN2O/c20-17-3-1-2-15(11-17)18-12-21-7-8-22(18)13-14-4-5-19-16(10-14)6-9-23-19/h1-5,10-11,18,21H,6-9,12-13H2. The number of ether oxygens (including phenoxy) is 1. The zero-order valence-corrected chi connectivity index (χ0v) is 13.1. The molecule has 1 fully saturated rings. The monoisotopic (exact) mass is 312 g/mol. The number of nitrogens with zero attached hydrogens (tertiary/aromatic N) is 1. The van der Waals surface area contributed by atoms with Gasteiger partial charge in [0.25, 0.3) is 0 Å². The predicted octanol–water partition coefficient (Wildman–Crippen LogP) is 2.91. The van der Waals surface area contributed by atoms with Gasteiger partial charge in [-0.05, 0) is 34.9 Å². The lowest BCUT2D eigenvalue weighted by atomic mass is 10.0. The normalized spacial score (nSPS) is 21.0. The second-order valence-corrected chi connectivity index (χ2v) is 6.29. The second kappa shape index (κ2) is 6.30. The number of rotatable bonds is 3. The van der Waals surface area contributed by atoms with Gasteiger partial charge >= 0.3 is 0 Å². The predicted molar refractivity (Wildman–Crippen MR) is 88.1 cm³/mol. The van der Waals surface area contributed by atoms with E-state index < -0.39 is 0 Å². The van der Waals surface area contributed by atoms with Crippen molar-refractivity contribution in [1.29, 1.82) is 0 Å². The third kappa shape index (κ3) is 3.09. The fraction of sp³-hybridized carbons (Fsp3) is 0.368. The van der Waals surface area contributed by atoms with E-state index in [2.05, 4.69) is 28.4 Å². The third-order valence-electron chi connectivity index (χ3n) is 4.73.